The normalized spacial score (nSPS) is 14.3. The average Bonchev–Trinajstić information content (AvgIpc) is 1.97. The van der Waals surface area contributed by atoms with Crippen molar-refractivity contribution in [2.24, 2.45) is 0 Å². The Morgan fingerprint density at radius 3 is 2.80 bits per heavy atom. The summed E-state index contributed by atoms with van der Waals surface area (Å²) in [5, 5.41) is 0. The van der Waals surface area contributed by atoms with Crippen molar-refractivity contribution in [1.29, 1.82) is 0 Å². The average molecular weight is 150 g/mol. The van der Waals surface area contributed by atoms with Gasteiger partial charge in [0.1, 0.15) is 6.67 Å². The third-order valence-electron chi connectivity index (χ3n) is 1.04. The van der Waals surface area contributed by atoms with E-state index < -0.39 is 6.67 Å². The molecule has 0 amide bonds. The molecule has 0 bridgehead atoms. The molecule has 60 valence electrons. The highest BCUT2D eigenvalue weighted by Gasteiger charge is 1.97. The molecule has 0 aliphatic carbocycles. The molecule has 0 rings (SSSR count). The first-order chi connectivity index (χ1) is 4.81. The second kappa shape index (κ2) is 6.68. The van der Waals surface area contributed by atoms with Crippen molar-refractivity contribution < 1.29 is 13.5 Å². The number of hydrogen-bond acceptors (Lipinski definition) is 1. The lowest BCUT2D eigenvalue weighted by Gasteiger charge is -2.07. The van der Waals surface area contributed by atoms with Crippen LogP contribution >= 0.6 is 0 Å². The maximum Gasteiger partial charge on any atom is 0.113 e. The Morgan fingerprint density at radius 2 is 2.30 bits per heavy atom. The summed E-state index contributed by atoms with van der Waals surface area (Å²) in [5.41, 5.74) is 0. The molecular formula is C7H12F2O. The SMILES string of the molecule is CC(C/C=C/F)OCCF. The van der Waals surface area contributed by atoms with Crippen LogP contribution in [0, 0.1) is 0 Å². The quantitative estimate of drug-likeness (QED) is 0.584. The zero-order valence-electron chi connectivity index (χ0n) is 6.02. The molecule has 0 aliphatic heterocycles. The van der Waals surface area contributed by atoms with Crippen LogP contribution in [0.25, 0.3) is 0 Å². The highest BCUT2D eigenvalue weighted by atomic mass is 19.1. The molecule has 0 radical (unpaired) electrons. The number of halogens is 2. The van der Waals surface area contributed by atoms with Crippen LogP contribution < -0.4 is 0 Å². The fourth-order valence-electron chi connectivity index (χ4n) is 0.557. The molecule has 0 aromatic heterocycles. The van der Waals surface area contributed by atoms with E-state index in [4.69, 9.17) is 4.74 Å². The van der Waals surface area contributed by atoms with Gasteiger partial charge >= 0.3 is 0 Å². The van der Waals surface area contributed by atoms with Crippen LogP contribution in [0.15, 0.2) is 12.4 Å². The molecular weight excluding hydrogens is 138 g/mol. The summed E-state index contributed by atoms with van der Waals surface area (Å²) >= 11 is 0. The lowest BCUT2D eigenvalue weighted by atomic mass is 10.3. The number of ether oxygens (including phenoxy) is 1. The molecule has 0 aliphatic rings. The van der Waals surface area contributed by atoms with Crippen LogP contribution in [0.2, 0.25) is 0 Å². The van der Waals surface area contributed by atoms with Gasteiger partial charge in [-0.1, -0.05) is 6.08 Å². The van der Waals surface area contributed by atoms with Crippen LogP contribution in [-0.4, -0.2) is 19.4 Å². The molecule has 3 heteroatoms. The van der Waals surface area contributed by atoms with E-state index in [1.165, 1.54) is 6.08 Å². The summed E-state index contributed by atoms with van der Waals surface area (Å²) in [4.78, 5) is 0. The number of hydrogen-bond donors (Lipinski definition) is 0. The Bertz CT molecular complexity index is 93.6. The molecule has 0 saturated carbocycles. The smallest absolute Gasteiger partial charge is 0.113 e. The van der Waals surface area contributed by atoms with E-state index in [2.05, 4.69) is 0 Å². The Kier molecular flexibility index (Phi) is 6.38. The summed E-state index contributed by atoms with van der Waals surface area (Å²) in [7, 11) is 0. The van der Waals surface area contributed by atoms with Crippen molar-refractivity contribution in [3.8, 4) is 0 Å². The van der Waals surface area contributed by atoms with Crippen LogP contribution in [0.3, 0.4) is 0 Å². The minimum atomic E-state index is -0.482. The van der Waals surface area contributed by atoms with Crippen LogP contribution in [-0.2, 0) is 4.74 Å². The molecule has 0 aromatic rings. The summed E-state index contributed by atoms with van der Waals surface area (Å²) in [5.74, 6) is 0. The van der Waals surface area contributed by atoms with Crippen molar-refractivity contribution in [2.45, 2.75) is 19.4 Å². The molecule has 0 N–H and O–H groups in total. The van der Waals surface area contributed by atoms with Gasteiger partial charge in [-0.15, -0.1) is 0 Å². The number of alkyl halides is 1. The first-order valence-electron chi connectivity index (χ1n) is 3.24. The molecule has 0 aromatic carbocycles. The number of rotatable bonds is 5. The fraction of sp³-hybridized carbons (Fsp3) is 0.714. The van der Waals surface area contributed by atoms with Gasteiger partial charge in [0.05, 0.1) is 19.0 Å². The second-order valence-electron chi connectivity index (χ2n) is 1.97. The third-order valence-corrected chi connectivity index (χ3v) is 1.04. The first kappa shape index (κ1) is 9.56. The molecule has 0 fully saturated rings. The van der Waals surface area contributed by atoms with Crippen molar-refractivity contribution in [3.05, 3.63) is 12.4 Å². The fourth-order valence-corrected chi connectivity index (χ4v) is 0.557. The van der Waals surface area contributed by atoms with Gasteiger partial charge in [0.2, 0.25) is 0 Å². The van der Waals surface area contributed by atoms with Gasteiger partial charge in [0, 0.05) is 0 Å². The largest absolute Gasteiger partial charge is 0.375 e. The van der Waals surface area contributed by atoms with Gasteiger partial charge in [0.15, 0.2) is 0 Å². The van der Waals surface area contributed by atoms with Crippen LogP contribution in [0.5, 0.6) is 0 Å². The highest BCUT2D eigenvalue weighted by molar-refractivity contribution is 4.74. The summed E-state index contributed by atoms with van der Waals surface area (Å²) in [6, 6.07) is 0. The van der Waals surface area contributed by atoms with E-state index in [1.54, 1.807) is 6.92 Å². The molecule has 1 unspecified atom stereocenters. The molecule has 0 spiro atoms. The van der Waals surface area contributed by atoms with E-state index >= 15 is 0 Å². The van der Waals surface area contributed by atoms with Gasteiger partial charge in [-0.05, 0) is 13.3 Å². The maximum atomic E-state index is 11.5. The standard InChI is InChI=1S/C7H12F2O/c1-7(3-2-4-8)10-6-5-9/h2,4,7H,3,5-6H2,1H3/b4-2+. The van der Waals surface area contributed by atoms with Crippen LogP contribution in [0.1, 0.15) is 13.3 Å². The topological polar surface area (TPSA) is 9.23 Å². The van der Waals surface area contributed by atoms with Crippen molar-refractivity contribution in [2.75, 3.05) is 13.3 Å². The summed E-state index contributed by atoms with van der Waals surface area (Å²) in [6.07, 6.45) is 2.22. The lowest BCUT2D eigenvalue weighted by molar-refractivity contribution is 0.0581. The summed E-state index contributed by atoms with van der Waals surface area (Å²) in [6.45, 7) is 1.39. The van der Waals surface area contributed by atoms with Gasteiger partial charge in [-0.3, -0.25) is 0 Å². The predicted molar refractivity (Wildman–Crippen MR) is 36.3 cm³/mol. The zero-order valence-corrected chi connectivity index (χ0v) is 6.02. The monoisotopic (exact) mass is 150 g/mol. The van der Waals surface area contributed by atoms with Crippen molar-refractivity contribution in [1.82, 2.24) is 0 Å². The molecule has 1 nitrogen and oxygen atoms in total. The van der Waals surface area contributed by atoms with Gasteiger partial charge in [-0.2, -0.15) is 0 Å². The lowest BCUT2D eigenvalue weighted by Crippen LogP contribution is -2.08. The van der Waals surface area contributed by atoms with Crippen LogP contribution in [0.4, 0.5) is 8.78 Å². The Balaban J connectivity index is 3.16. The minimum absolute atomic E-state index is 0.0947. The Morgan fingerprint density at radius 1 is 1.60 bits per heavy atom. The first-order valence-corrected chi connectivity index (χ1v) is 3.24. The Hall–Kier alpha value is -0.440. The second-order valence-corrected chi connectivity index (χ2v) is 1.97. The van der Waals surface area contributed by atoms with Crippen molar-refractivity contribution in [3.63, 3.8) is 0 Å². The highest BCUT2D eigenvalue weighted by Crippen LogP contribution is 1.98. The molecule has 1 atom stereocenters. The van der Waals surface area contributed by atoms with Gasteiger partial charge in [-0.25, -0.2) is 8.78 Å². The van der Waals surface area contributed by atoms with Gasteiger partial charge < -0.3 is 4.74 Å². The Labute approximate surface area is 59.7 Å². The van der Waals surface area contributed by atoms with E-state index in [0.717, 1.165) is 0 Å². The van der Waals surface area contributed by atoms with E-state index in [1.807, 2.05) is 0 Å². The minimum Gasteiger partial charge on any atom is -0.375 e. The van der Waals surface area contributed by atoms with Crippen molar-refractivity contribution >= 4 is 0 Å². The third kappa shape index (κ3) is 5.69. The van der Waals surface area contributed by atoms with E-state index in [-0.39, 0.29) is 12.7 Å². The predicted octanol–water partition coefficient (Wildman–Crippen LogP) is 2.23. The maximum absolute atomic E-state index is 11.5. The summed E-state index contributed by atoms with van der Waals surface area (Å²) < 4.78 is 27.7. The molecule has 0 saturated heterocycles. The van der Waals surface area contributed by atoms with Gasteiger partial charge in [0.25, 0.3) is 0 Å². The zero-order chi connectivity index (χ0) is 7.82. The van der Waals surface area contributed by atoms with E-state index in [9.17, 15) is 8.78 Å². The molecule has 0 heterocycles. The van der Waals surface area contributed by atoms with E-state index in [0.29, 0.717) is 12.8 Å². The molecule has 10 heavy (non-hydrogen) atoms.